The molecule has 0 atom stereocenters. The van der Waals surface area contributed by atoms with Crippen LogP contribution >= 0.6 is 47.5 Å². The predicted octanol–water partition coefficient (Wildman–Crippen LogP) is 3.87. The summed E-state index contributed by atoms with van der Waals surface area (Å²) in [5, 5.41) is 4.37. The molecule has 3 rings (SSSR count). The minimum Gasteiger partial charge on any atom is -0.354 e. The van der Waals surface area contributed by atoms with E-state index in [9.17, 15) is 4.79 Å². The number of fused-ring (bicyclic) bond motifs is 1. The molecule has 142 valence electrons. The Bertz CT molecular complexity index is 651. The van der Waals surface area contributed by atoms with Gasteiger partial charge in [0.2, 0.25) is 0 Å². The largest absolute Gasteiger partial charge is 0.354 e. The summed E-state index contributed by atoms with van der Waals surface area (Å²) >= 11 is 3.18. The summed E-state index contributed by atoms with van der Waals surface area (Å²) in [5.74, 6) is 0.181. The van der Waals surface area contributed by atoms with Gasteiger partial charge in [-0.15, -0.1) is 36.2 Å². The zero-order chi connectivity index (χ0) is 16.4. The second-order valence-electron chi connectivity index (χ2n) is 6.15. The highest BCUT2D eigenvalue weighted by Crippen LogP contribution is 2.34. The van der Waals surface area contributed by atoms with Crippen molar-refractivity contribution >= 4 is 68.1 Å². The summed E-state index contributed by atoms with van der Waals surface area (Å²) in [4.78, 5) is 23.5. The molecule has 5 nitrogen and oxygen atoms in total. The molecule has 2 aromatic rings. The lowest BCUT2D eigenvalue weighted by Gasteiger charge is -2.34. The molecule has 0 unspecified atom stereocenters. The van der Waals surface area contributed by atoms with Crippen LogP contribution in [0.4, 0.5) is 5.13 Å². The lowest BCUT2D eigenvalue weighted by molar-refractivity contribution is 0.0648. The van der Waals surface area contributed by atoms with Crippen molar-refractivity contribution in [2.24, 2.45) is 0 Å². The van der Waals surface area contributed by atoms with Gasteiger partial charge in [0.25, 0.3) is 5.91 Å². The van der Waals surface area contributed by atoms with Gasteiger partial charge in [0.1, 0.15) is 4.83 Å². The van der Waals surface area contributed by atoms with Crippen LogP contribution in [0.3, 0.4) is 0 Å². The molecular formula is C16H26Cl2N4OS2. The van der Waals surface area contributed by atoms with Crippen LogP contribution in [-0.4, -0.2) is 55.6 Å². The van der Waals surface area contributed by atoms with E-state index in [2.05, 4.69) is 22.1 Å². The molecule has 0 saturated carbocycles. The topological polar surface area (TPSA) is 48.5 Å². The number of amides is 1. The minimum absolute atomic E-state index is 0. The maximum Gasteiger partial charge on any atom is 0.264 e. The Morgan fingerprint density at radius 2 is 1.96 bits per heavy atom. The fourth-order valence-corrected chi connectivity index (χ4v) is 5.06. The van der Waals surface area contributed by atoms with Gasteiger partial charge >= 0.3 is 0 Å². The maximum atomic E-state index is 13.0. The van der Waals surface area contributed by atoms with Crippen LogP contribution in [0.2, 0.25) is 0 Å². The summed E-state index contributed by atoms with van der Waals surface area (Å²) in [5.41, 5.74) is 0. The number of thiazole rings is 1. The molecule has 3 heterocycles. The highest BCUT2D eigenvalue weighted by atomic mass is 35.5. The molecule has 1 fully saturated rings. The van der Waals surface area contributed by atoms with Crippen LogP contribution in [0.15, 0.2) is 6.07 Å². The number of carbonyl (C=O) groups is 1. The van der Waals surface area contributed by atoms with E-state index in [1.807, 2.05) is 25.1 Å². The first-order valence-corrected chi connectivity index (χ1v) is 9.82. The number of hydrogen-bond donors (Lipinski definition) is 1. The lowest BCUT2D eigenvalue weighted by atomic mass is 10.0. The number of nitrogens with one attached hydrogen (secondary N) is 1. The normalized spacial score (nSPS) is 14.7. The van der Waals surface area contributed by atoms with Crippen molar-refractivity contribution in [3.8, 4) is 0 Å². The molecule has 1 N–H and O–H groups in total. The molecule has 0 bridgehead atoms. The number of rotatable bonds is 5. The van der Waals surface area contributed by atoms with Gasteiger partial charge in [0.15, 0.2) is 5.13 Å². The van der Waals surface area contributed by atoms with Gasteiger partial charge in [-0.1, -0.05) is 18.3 Å². The van der Waals surface area contributed by atoms with Crippen LogP contribution in [-0.2, 0) is 0 Å². The highest BCUT2D eigenvalue weighted by Gasteiger charge is 2.27. The third kappa shape index (κ3) is 4.98. The van der Waals surface area contributed by atoms with Crippen LogP contribution in [0.25, 0.3) is 9.53 Å². The monoisotopic (exact) mass is 424 g/mol. The summed E-state index contributed by atoms with van der Waals surface area (Å²) < 4.78 is 1.11. The summed E-state index contributed by atoms with van der Waals surface area (Å²) in [7, 11) is 3.99. The van der Waals surface area contributed by atoms with Gasteiger partial charge in [-0.05, 0) is 38.4 Å². The fourth-order valence-electron chi connectivity index (χ4n) is 2.97. The number of carbonyl (C=O) groups excluding carboxylic acids is 1. The Labute approximate surface area is 169 Å². The molecule has 0 aliphatic carbocycles. The SMILES string of the molecule is CCCN(C(=O)c1cc2sc(N(C)C)nc2s1)C1CCNCC1.Cl.Cl. The molecule has 2 aromatic heterocycles. The first kappa shape index (κ1) is 22.4. The Morgan fingerprint density at radius 1 is 1.28 bits per heavy atom. The van der Waals surface area contributed by atoms with E-state index in [0.717, 1.165) is 58.4 Å². The van der Waals surface area contributed by atoms with E-state index in [1.165, 1.54) is 11.3 Å². The molecule has 0 aromatic carbocycles. The average Bonchev–Trinajstić information content (AvgIpc) is 3.11. The van der Waals surface area contributed by atoms with E-state index in [1.54, 1.807) is 11.3 Å². The summed E-state index contributed by atoms with van der Waals surface area (Å²) in [6.07, 6.45) is 3.10. The average molecular weight is 425 g/mol. The minimum atomic E-state index is 0. The van der Waals surface area contributed by atoms with E-state index in [4.69, 9.17) is 0 Å². The van der Waals surface area contributed by atoms with Crippen molar-refractivity contribution in [2.45, 2.75) is 32.2 Å². The molecular weight excluding hydrogens is 399 g/mol. The Morgan fingerprint density at radius 3 is 2.52 bits per heavy atom. The number of aromatic nitrogens is 1. The Balaban J connectivity index is 0.00000156. The quantitative estimate of drug-likeness (QED) is 0.790. The molecule has 1 amide bonds. The molecule has 9 heteroatoms. The van der Waals surface area contributed by atoms with E-state index < -0.39 is 0 Å². The zero-order valence-corrected chi connectivity index (χ0v) is 18.0. The Kier molecular flexibility index (Phi) is 8.91. The van der Waals surface area contributed by atoms with Gasteiger partial charge in [-0.2, -0.15) is 0 Å². The van der Waals surface area contributed by atoms with Gasteiger partial charge in [0, 0.05) is 26.7 Å². The lowest BCUT2D eigenvalue weighted by Crippen LogP contribution is -2.46. The first-order valence-electron chi connectivity index (χ1n) is 8.19. The second kappa shape index (κ2) is 9.92. The summed E-state index contributed by atoms with van der Waals surface area (Å²) in [6, 6.07) is 2.39. The molecule has 0 spiro atoms. The predicted molar refractivity (Wildman–Crippen MR) is 114 cm³/mol. The zero-order valence-electron chi connectivity index (χ0n) is 14.8. The molecule has 1 aliphatic heterocycles. The van der Waals surface area contributed by atoms with Crippen molar-refractivity contribution < 1.29 is 4.79 Å². The fraction of sp³-hybridized carbons (Fsp3) is 0.625. The third-order valence-corrected chi connectivity index (χ3v) is 6.46. The van der Waals surface area contributed by atoms with Gasteiger partial charge in [-0.3, -0.25) is 4.79 Å². The maximum absolute atomic E-state index is 13.0. The van der Waals surface area contributed by atoms with Crippen LogP contribution < -0.4 is 10.2 Å². The third-order valence-electron chi connectivity index (χ3n) is 4.15. The molecule has 0 radical (unpaired) electrons. The van der Waals surface area contributed by atoms with Crippen molar-refractivity contribution in [3.63, 3.8) is 0 Å². The first-order chi connectivity index (χ1) is 11.1. The van der Waals surface area contributed by atoms with Gasteiger partial charge in [0.05, 0.1) is 9.58 Å². The van der Waals surface area contributed by atoms with Crippen LogP contribution in [0, 0.1) is 0 Å². The highest BCUT2D eigenvalue weighted by molar-refractivity contribution is 7.29. The Hall–Kier alpha value is -0.600. The number of piperidine rings is 1. The second-order valence-corrected chi connectivity index (χ2v) is 8.19. The standard InChI is InChI=1S/C16H24N4OS2.2ClH/c1-4-9-20(11-5-7-17-8-6-11)15(21)13-10-12-14(22-13)18-16(23-12)19(2)3;;/h10-11,17H,4-9H2,1-3H3;2*1H. The van der Waals surface area contributed by atoms with Crippen molar-refractivity contribution in [1.82, 2.24) is 15.2 Å². The number of anilines is 1. The van der Waals surface area contributed by atoms with E-state index in [-0.39, 0.29) is 30.7 Å². The van der Waals surface area contributed by atoms with Crippen molar-refractivity contribution in [2.75, 3.05) is 38.6 Å². The van der Waals surface area contributed by atoms with Crippen LogP contribution in [0.5, 0.6) is 0 Å². The molecule has 25 heavy (non-hydrogen) atoms. The van der Waals surface area contributed by atoms with E-state index in [0.29, 0.717) is 6.04 Å². The van der Waals surface area contributed by atoms with Crippen molar-refractivity contribution in [1.29, 1.82) is 0 Å². The number of thiophene rings is 1. The molecule has 1 saturated heterocycles. The molecule has 1 aliphatic rings. The van der Waals surface area contributed by atoms with Crippen LogP contribution in [0.1, 0.15) is 35.9 Å². The number of halogens is 2. The number of nitrogens with zero attached hydrogens (tertiary/aromatic N) is 3. The van der Waals surface area contributed by atoms with Gasteiger partial charge in [-0.25, -0.2) is 4.98 Å². The van der Waals surface area contributed by atoms with E-state index >= 15 is 0 Å². The van der Waals surface area contributed by atoms with Crippen molar-refractivity contribution in [3.05, 3.63) is 10.9 Å². The summed E-state index contributed by atoms with van der Waals surface area (Å²) in [6.45, 7) is 4.99. The van der Waals surface area contributed by atoms with Gasteiger partial charge < -0.3 is 15.1 Å². The number of hydrogen-bond acceptors (Lipinski definition) is 6. The smallest absolute Gasteiger partial charge is 0.264 e.